The number of esters is 1. The quantitative estimate of drug-likeness (QED) is 0.590. The maximum absolute atomic E-state index is 12.5. The van der Waals surface area contributed by atoms with Crippen LogP contribution in [0.25, 0.3) is 11.0 Å². The molecule has 0 radical (unpaired) electrons. The largest absolute Gasteiger partial charge is 0.461 e. The number of halogens is 1. The number of nitrogens with one attached hydrogen (secondary N) is 1. The number of amides is 1. The summed E-state index contributed by atoms with van der Waals surface area (Å²) in [6.07, 6.45) is 1.28. The van der Waals surface area contributed by atoms with Gasteiger partial charge >= 0.3 is 5.97 Å². The molecule has 3 aromatic rings. The van der Waals surface area contributed by atoms with Crippen molar-refractivity contribution in [1.82, 2.24) is 24.3 Å². The minimum Gasteiger partial charge on any atom is -0.461 e. The third-order valence-corrected chi connectivity index (χ3v) is 4.63. The van der Waals surface area contributed by atoms with Crippen LogP contribution in [0.3, 0.4) is 0 Å². The molecule has 0 spiro atoms. The van der Waals surface area contributed by atoms with E-state index in [2.05, 4.69) is 36.3 Å². The Labute approximate surface area is 158 Å². The Kier molecular flexibility index (Phi) is 5.13. The van der Waals surface area contributed by atoms with Gasteiger partial charge < -0.3 is 10.1 Å². The first kappa shape index (κ1) is 18.2. The van der Waals surface area contributed by atoms with Crippen LogP contribution >= 0.6 is 27.3 Å². The van der Waals surface area contributed by atoms with E-state index in [4.69, 9.17) is 4.74 Å². The zero-order chi connectivity index (χ0) is 18.8. The molecule has 0 bridgehead atoms. The summed E-state index contributed by atoms with van der Waals surface area (Å²) >= 11 is 4.30. The standard InChI is InChI=1S/C14H13BrN6O4S/c1-3-25-13(24)7-5-26-14(17-7)18-8(22)4-21-6-16-11-9(12(21)23)10(15)19-20(11)2/h5-6H,3-4H2,1-2H3,(H,17,18,22). The monoisotopic (exact) mass is 440 g/mol. The third kappa shape index (κ3) is 3.51. The minimum atomic E-state index is -0.559. The lowest BCUT2D eigenvalue weighted by atomic mass is 10.4. The lowest BCUT2D eigenvalue weighted by Gasteiger charge is -2.05. The van der Waals surface area contributed by atoms with Crippen molar-refractivity contribution in [2.75, 3.05) is 11.9 Å². The molecule has 0 fully saturated rings. The number of hydrogen-bond acceptors (Lipinski definition) is 8. The molecular formula is C14H13BrN6O4S. The summed E-state index contributed by atoms with van der Waals surface area (Å²) in [6.45, 7) is 1.67. The number of anilines is 1. The highest BCUT2D eigenvalue weighted by Gasteiger charge is 2.16. The number of rotatable bonds is 5. The van der Waals surface area contributed by atoms with E-state index < -0.39 is 17.4 Å². The smallest absolute Gasteiger partial charge is 0.357 e. The van der Waals surface area contributed by atoms with Crippen LogP contribution in [0, 0.1) is 0 Å². The molecule has 0 aliphatic rings. The summed E-state index contributed by atoms with van der Waals surface area (Å²) in [5.41, 5.74) is 0.140. The fourth-order valence-electron chi connectivity index (χ4n) is 2.19. The Morgan fingerprint density at radius 1 is 1.42 bits per heavy atom. The van der Waals surface area contributed by atoms with Crippen LogP contribution in [-0.4, -0.2) is 42.8 Å². The summed E-state index contributed by atoms with van der Waals surface area (Å²) < 4.78 is 7.84. The van der Waals surface area contributed by atoms with Crippen molar-refractivity contribution in [1.29, 1.82) is 0 Å². The molecular weight excluding hydrogens is 428 g/mol. The van der Waals surface area contributed by atoms with Gasteiger partial charge in [0, 0.05) is 12.4 Å². The van der Waals surface area contributed by atoms with Crippen molar-refractivity contribution in [2.45, 2.75) is 13.5 Å². The number of ether oxygens (including phenoxy) is 1. The zero-order valence-corrected chi connectivity index (χ0v) is 16.1. The topological polar surface area (TPSA) is 121 Å². The van der Waals surface area contributed by atoms with E-state index in [-0.39, 0.29) is 24.0 Å². The fraction of sp³-hybridized carbons (Fsp3) is 0.286. The Balaban J connectivity index is 1.76. The molecule has 0 aliphatic carbocycles. The number of thiazole rings is 1. The highest BCUT2D eigenvalue weighted by atomic mass is 79.9. The lowest BCUT2D eigenvalue weighted by molar-refractivity contribution is -0.116. The van der Waals surface area contributed by atoms with Gasteiger partial charge in [-0.15, -0.1) is 11.3 Å². The summed E-state index contributed by atoms with van der Waals surface area (Å²) in [6, 6.07) is 0. The van der Waals surface area contributed by atoms with Crippen LogP contribution in [0.2, 0.25) is 0 Å². The van der Waals surface area contributed by atoms with Gasteiger partial charge in [0.2, 0.25) is 5.91 Å². The molecule has 1 N–H and O–H groups in total. The molecule has 0 aliphatic heterocycles. The number of aryl methyl sites for hydroxylation is 1. The van der Waals surface area contributed by atoms with Gasteiger partial charge in [0.15, 0.2) is 16.5 Å². The Bertz CT molecular complexity index is 1060. The van der Waals surface area contributed by atoms with Crippen molar-refractivity contribution < 1.29 is 14.3 Å². The van der Waals surface area contributed by atoms with E-state index >= 15 is 0 Å². The summed E-state index contributed by atoms with van der Waals surface area (Å²) in [5, 5.41) is 8.64. The average Bonchev–Trinajstić information content (AvgIpc) is 3.15. The van der Waals surface area contributed by atoms with Gasteiger partial charge in [0.25, 0.3) is 5.56 Å². The molecule has 0 saturated heterocycles. The lowest BCUT2D eigenvalue weighted by Crippen LogP contribution is -2.28. The Morgan fingerprint density at radius 2 is 2.19 bits per heavy atom. The van der Waals surface area contributed by atoms with Crippen LogP contribution in [-0.2, 0) is 23.1 Å². The van der Waals surface area contributed by atoms with Gasteiger partial charge in [-0.05, 0) is 22.9 Å². The second-order valence-electron chi connectivity index (χ2n) is 5.10. The van der Waals surface area contributed by atoms with E-state index in [1.165, 1.54) is 21.0 Å². The van der Waals surface area contributed by atoms with E-state index in [1.807, 2.05) is 0 Å². The zero-order valence-electron chi connectivity index (χ0n) is 13.7. The molecule has 26 heavy (non-hydrogen) atoms. The molecule has 0 aromatic carbocycles. The number of carbonyl (C=O) groups excluding carboxylic acids is 2. The van der Waals surface area contributed by atoms with E-state index in [0.29, 0.717) is 15.6 Å². The van der Waals surface area contributed by atoms with Gasteiger partial charge in [-0.25, -0.2) is 19.4 Å². The fourth-order valence-corrected chi connectivity index (χ4v) is 3.47. The third-order valence-electron chi connectivity index (χ3n) is 3.32. The van der Waals surface area contributed by atoms with Crippen LogP contribution in [0.1, 0.15) is 17.4 Å². The van der Waals surface area contributed by atoms with E-state index in [9.17, 15) is 14.4 Å². The van der Waals surface area contributed by atoms with Gasteiger partial charge in [0.1, 0.15) is 22.9 Å². The molecule has 0 atom stereocenters. The second kappa shape index (κ2) is 7.33. The first-order valence-corrected chi connectivity index (χ1v) is 9.08. The second-order valence-corrected chi connectivity index (χ2v) is 6.71. The Hall–Kier alpha value is -2.60. The van der Waals surface area contributed by atoms with Gasteiger partial charge in [0.05, 0.1) is 6.61 Å². The number of carbonyl (C=O) groups is 2. The van der Waals surface area contributed by atoms with Crippen LogP contribution in [0.5, 0.6) is 0 Å². The highest BCUT2D eigenvalue weighted by Crippen LogP contribution is 2.17. The molecule has 3 heterocycles. The van der Waals surface area contributed by atoms with Crippen LogP contribution in [0.4, 0.5) is 5.13 Å². The van der Waals surface area contributed by atoms with Crippen molar-refractivity contribution >= 4 is 55.3 Å². The van der Waals surface area contributed by atoms with E-state index in [1.54, 1.807) is 14.0 Å². The predicted molar refractivity (Wildman–Crippen MR) is 97.2 cm³/mol. The number of fused-ring (bicyclic) bond motifs is 1. The van der Waals surface area contributed by atoms with Crippen molar-refractivity contribution in [3.8, 4) is 0 Å². The van der Waals surface area contributed by atoms with Crippen LogP contribution in [0.15, 0.2) is 21.1 Å². The minimum absolute atomic E-state index is 0.117. The molecule has 0 unspecified atom stereocenters. The van der Waals surface area contributed by atoms with E-state index in [0.717, 1.165) is 11.3 Å². The van der Waals surface area contributed by atoms with Crippen molar-refractivity contribution in [3.05, 3.63) is 32.4 Å². The van der Waals surface area contributed by atoms with Crippen LogP contribution < -0.4 is 10.9 Å². The highest BCUT2D eigenvalue weighted by molar-refractivity contribution is 9.10. The van der Waals surface area contributed by atoms with Crippen molar-refractivity contribution in [2.24, 2.45) is 7.05 Å². The van der Waals surface area contributed by atoms with Gasteiger partial charge in [-0.1, -0.05) is 0 Å². The Morgan fingerprint density at radius 3 is 2.92 bits per heavy atom. The maximum Gasteiger partial charge on any atom is 0.357 e. The maximum atomic E-state index is 12.5. The first-order valence-electron chi connectivity index (χ1n) is 7.40. The molecule has 3 rings (SSSR count). The number of nitrogens with zero attached hydrogens (tertiary/aromatic N) is 5. The summed E-state index contributed by atoms with van der Waals surface area (Å²) in [4.78, 5) is 44.4. The SMILES string of the molecule is CCOC(=O)c1csc(NC(=O)Cn2cnc3c(c(Br)nn3C)c2=O)n1. The molecule has 1 amide bonds. The first-order chi connectivity index (χ1) is 12.4. The van der Waals surface area contributed by atoms with Gasteiger partial charge in [-0.3, -0.25) is 14.2 Å². The molecule has 0 saturated carbocycles. The molecule has 12 heteroatoms. The number of hydrogen-bond donors (Lipinski definition) is 1. The summed E-state index contributed by atoms with van der Waals surface area (Å²) in [5.74, 6) is -1.03. The summed E-state index contributed by atoms with van der Waals surface area (Å²) in [7, 11) is 1.67. The molecule has 136 valence electrons. The van der Waals surface area contributed by atoms with Gasteiger partial charge in [-0.2, -0.15) is 5.10 Å². The van der Waals surface area contributed by atoms with Crippen molar-refractivity contribution in [3.63, 3.8) is 0 Å². The number of aromatic nitrogens is 5. The molecule has 10 nitrogen and oxygen atoms in total. The average molecular weight is 441 g/mol. The predicted octanol–water partition coefficient (Wildman–Crippen LogP) is 1.16. The molecule has 3 aromatic heterocycles. The normalized spacial score (nSPS) is 10.9.